The molecule has 1 rings (SSSR count). The molecule has 27 heavy (non-hydrogen) atoms. The molecule has 5 nitrogen and oxygen atoms in total. The quantitative estimate of drug-likeness (QED) is 0.359. The Morgan fingerprint density at radius 3 is 2.00 bits per heavy atom. The van der Waals surface area contributed by atoms with Crippen molar-refractivity contribution in [3.05, 3.63) is 35.4 Å². The molecule has 0 bridgehead atoms. The molecule has 0 saturated carbocycles. The van der Waals surface area contributed by atoms with Gasteiger partial charge in [-0.05, 0) is 18.6 Å². The van der Waals surface area contributed by atoms with Gasteiger partial charge in [0.25, 0.3) is 5.91 Å². The second-order valence-electron chi connectivity index (χ2n) is 6.92. The fraction of sp³-hybridized carbons (Fsp3) is 0.682. The van der Waals surface area contributed by atoms with Gasteiger partial charge in [0, 0.05) is 38.4 Å². The molecule has 0 atom stereocenters. The number of carbonyl (C=O) groups excluding carboxylic acids is 1. The highest BCUT2D eigenvalue weighted by Gasteiger charge is 2.16. The van der Waals surface area contributed by atoms with Gasteiger partial charge in [-0.2, -0.15) is 0 Å². The van der Waals surface area contributed by atoms with Gasteiger partial charge in [-0.25, -0.2) is 0 Å². The van der Waals surface area contributed by atoms with E-state index in [1.54, 1.807) is 31.3 Å². The lowest BCUT2D eigenvalue weighted by molar-refractivity contribution is -0.106. The van der Waals surface area contributed by atoms with E-state index in [9.17, 15) is 9.90 Å². The van der Waals surface area contributed by atoms with E-state index in [1.165, 1.54) is 38.5 Å². The minimum absolute atomic E-state index is 0.0176. The second-order valence-corrected chi connectivity index (χ2v) is 6.92. The summed E-state index contributed by atoms with van der Waals surface area (Å²) >= 11 is 0. The van der Waals surface area contributed by atoms with Gasteiger partial charge in [-0.3, -0.25) is 4.79 Å². The molecule has 0 aliphatic heterocycles. The Kier molecular flexibility index (Phi) is 12.8. The third-order valence-electron chi connectivity index (χ3n) is 4.80. The molecule has 0 fully saturated rings. The van der Waals surface area contributed by atoms with Crippen LogP contribution in [0.1, 0.15) is 80.5 Å². The first-order chi connectivity index (χ1) is 13.2. The fourth-order valence-electron chi connectivity index (χ4n) is 3.21. The Bertz CT molecular complexity index is 500. The molecule has 1 aromatic carbocycles. The zero-order chi connectivity index (χ0) is 19.9. The molecule has 0 spiro atoms. The van der Waals surface area contributed by atoms with E-state index in [1.807, 2.05) is 12.1 Å². The fourth-order valence-corrected chi connectivity index (χ4v) is 3.21. The van der Waals surface area contributed by atoms with Crippen LogP contribution in [-0.2, 0) is 9.47 Å². The first-order valence-corrected chi connectivity index (χ1v) is 10.2. The van der Waals surface area contributed by atoms with Crippen molar-refractivity contribution in [3.63, 3.8) is 0 Å². The lowest BCUT2D eigenvalue weighted by Gasteiger charge is -2.22. The number of rotatable bonds is 15. The van der Waals surface area contributed by atoms with Crippen molar-refractivity contribution in [1.82, 2.24) is 4.90 Å². The third kappa shape index (κ3) is 8.87. The summed E-state index contributed by atoms with van der Waals surface area (Å²) in [6, 6.07) is 7.28. The highest BCUT2D eigenvalue weighted by Crippen LogP contribution is 2.18. The Hall–Kier alpha value is -1.43. The molecule has 0 aliphatic carbocycles. The van der Waals surface area contributed by atoms with Crippen molar-refractivity contribution in [2.75, 3.05) is 33.9 Å². The van der Waals surface area contributed by atoms with Gasteiger partial charge in [-0.1, -0.05) is 64.0 Å². The Morgan fingerprint density at radius 1 is 0.926 bits per heavy atom. The number of methoxy groups -OCH3 is 2. The van der Waals surface area contributed by atoms with Crippen LogP contribution >= 0.6 is 0 Å². The largest absolute Gasteiger partial charge is 0.395 e. The Labute approximate surface area is 164 Å². The molecule has 0 aromatic heterocycles. The minimum Gasteiger partial charge on any atom is -0.395 e. The summed E-state index contributed by atoms with van der Waals surface area (Å²) in [5.41, 5.74) is 1.49. The van der Waals surface area contributed by atoms with E-state index in [4.69, 9.17) is 9.47 Å². The average Bonchev–Trinajstić information content (AvgIpc) is 2.70. The van der Waals surface area contributed by atoms with Gasteiger partial charge in [-0.15, -0.1) is 0 Å². The maximum Gasteiger partial charge on any atom is 0.253 e. The smallest absolute Gasteiger partial charge is 0.253 e. The van der Waals surface area contributed by atoms with Crippen molar-refractivity contribution in [2.24, 2.45) is 0 Å². The number of aliphatic hydroxyl groups excluding tert-OH is 1. The number of aliphatic hydroxyl groups is 1. The monoisotopic (exact) mass is 379 g/mol. The van der Waals surface area contributed by atoms with E-state index >= 15 is 0 Å². The number of carbonyl (C=O) groups is 1. The molecule has 1 aromatic rings. The topological polar surface area (TPSA) is 59.0 Å². The molecular formula is C22H37NO4. The third-order valence-corrected chi connectivity index (χ3v) is 4.80. The van der Waals surface area contributed by atoms with Crippen LogP contribution in [0.3, 0.4) is 0 Å². The molecule has 0 saturated heterocycles. The number of nitrogens with zero attached hydrogens (tertiary/aromatic N) is 1. The number of ether oxygens (including phenoxy) is 2. The maximum atomic E-state index is 12.7. The molecule has 0 radical (unpaired) electrons. The standard InChI is InChI=1S/C22H37NO4/c1-4-5-6-7-8-9-10-11-16-23(17-18-24)21(25)19-12-14-20(15-13-19)22(26-2)27-3/h12-15,22,24H,4-11,16-18H2,1-3H3. The highest BCUT2D eigenvalue weighted by atomic mass is 16.7. The minimum atomic E-state index is -0.431. The zero-order valence-electron chi connectivity index (χ0n) is 17.3. The summed E-state index contributed by atoms with van der Waals surface area (Å²) < 4.78 is 10.5. The summed E-state index contributed by atoms with van der Waals surface area (Å²) in [6.07, 6.45) is 9.41. The van der Waals surface area contributed by atoms with Crippen LogP contribution in [0.25, 0.3) is 0 Å². The van der Waals surface area contributed by atoms with E-state index in [-0.39, 0.29) is 12.5 Å². The normalized spacial score (nSPS) is 11.1. The number of hydrogen-bond donors (Lipinski definition) is 1. The zero-order valence-corrected chi connectivity index (χ0v) is 17.3. The molecule has 1 N–H and O–H groups in total. The van der Waals surface area contributed by atoms with E-state index in [0.29, 0.717) is 18.7 Å². The summed E-state index contributed by atoms with van der Waals surface area (Å²) in [7, 11) is 3.17. The van der Waals surface area contributed by atoms with E-state index in [0.717, 1.165) is 18.4 Å². The number of hydrogen-bond acceptors (Lipinski definition) is 4. The van der Waals surface area contributed by atoms with Crippen LogP contribution < -0.4 is 0 Å². The Balaban J connectivity index is 2.47. The van der Waals surface area contributed by atoms with Crippen LogP contribution in [0.15, 0.2) is 24.3 Å². The van der Waals surface area contributed by atoms with Crippen LogP contribution in [-0.4, -0.2) is 49.8 Å². The lowest BCUT2D eigenvalue weighted by Crippen LogP contribution is -2.34. The lowest BCUT2D eigenvalue weighted by atomic mass is 10.1. The summed E-state index contributed by atoms with van der Waals surface area (Å²) in [6.45, 7) is 3.27. The van der Waals surface area contributed by atoms with Gasteiger partial charge in [0.2, 0.25) is 0 Å². The molecule has 0 aliphatic rings. The van der Waals surface area contributed by atoms with Gasteiger partial charge >= 0.3 is 0 Å². The van der Waals surface area contributed by atoms with Crippen LogP contribution in [0.4, 0.5) is 0 Å². The molecular weight excluding hydrogens is 342 g/mol. The molecule has 5 heteroatoms. The summed E-state index contributed by atoms with van der Waals surface area (Å²) in [5.74, 6) is -0.0371. The molecule has 154 valence electrons. The highest BCUT2D eigenvalue weighted by molar-refractivity contribution is 5.94. The van der Waals surface area contributed by atoms with E-state index in [2.05, 4.69) is 6.92 Å². The SMILES string of the molecule is CCCCCCCCCCN(CCO)C(=O)c1ccc(C(OC)OC)cc1. The first kappa shape index (κ1) is 23.6. The maximum absolute atomic E-state index is 12.7. The van der Waals surface area contributed by atoms with Gasteiger partial charge in [0.15, 0.2) is 6.29 Å². The summed E-state index contributed by atoms with van der Waals surface area (Å²) in [4.78, 5) is 14.5. The van der Waals surface area contributed by atoms with Gasteiger partial charge in [0.05, 0.1) is 6.61 Å². The summed E-state index contributed by atoms with van der Waals surface area (Å²) in [5, 5.41) is 9.31. The number of unbranched alkanes of at least 4 members (excludes halogenated alkanes) is 7. The van der Waals surface area contributed by atoms with Crippen LogP contribution in [0, 0.1) is 0 Å². The number of benzene rings is 1. The molecule has 0 heterocycles. The van der Waals surface area contributed by atoms with Crippen molar-refractivity contribution in [1.29, 1.82) is 0 Å². The van der Waals surface area contributed by atoms with Gasteiger partial charge < -0.3 is 19.5 Å². The molecule has 1 amide bonds. The van der Waals surface area contributed by atoms with Crippen molar-refractivity contribution < 1.29 is 19.4 Å². The number of amides is 1. The first-order valence-electron chi connectivity index (χ1n) is 10.2. The molecule has 0 unspecified atom stereocenters. The van der Waals surface area contributed by atoms with Crippen molar-refractivity contribution >= 4 is 5.91 Å². The second kappa shape index (κ2) is 14.6. The van der Waals surface area contributed by atoms with Gasteiger partial charge in [0.1, 0.15) is 0 Å². The predicted molar refractivity (Wildman–Crippen MR) is 109 cm³/mol. The van der Waals surface area contributed by atoms with Crippen molar-refractivity contribution in [3.8, 4) is 0 Å². The predicted octanol–water partition coefficient (Wildman–Crippen LogP) is 4.55. The average molecular weight is 380 g/mol. The van der Waals surface area contributed by atoms with Crippen molar-refractivity contribution in [2.45, 2.75) is 64.6 Å². The van der Waals surface area contributed by atoms with Crippen LogP contribution in [0.2, 0.25) is 0 Å². The Morgan fingerprint density at radius 2 is 1.48 bits per heavy atom. The van der Waals surface area contributed by atoms with E-state index < -0.39 is 6.29 Å². The van der Waals surface area contributed by atoms with Crippen LogP contribution in [0.5, 0.6) is 0 Å².